The minimum atomic E-state index is -0.443. The topological polar surface area (TPSA) is 100 Å². The van der Waals surface area contributed by atoms with Crippen LogP contribution in [0.2, 0.25) is 0 Å². The largest absolute Gasteiger partial charge is 0.348 e. The van der Waals surface area contributed by atoms with Gasteiger partial charge in [-0.2, -0.15) is 9.94 Å². The Bertz CT molecular complexity index is 1440. The van der Waals surface area contributed by atoms with Crippen LogP contribution in [-0.4, -0.2) is 44.5 Å². The number of allylic oxidation sites excluding steroid dienone is 2. The molecule has 0 saturated carbocycles. The number of fused-ring (bicyclic) bond motifs is 1. The number of thiazole rings is 1. The average Bonchev–Trinajstić information content (AvgIpc) is 3.62. The third-order valence-electron chi connectivity index (χ3n) is 7.54. The van der Waals surface area contributed by atoms with Crippen molar-refractivity contribution in [3.05, 3.63) is 53.1 Å². The molecule has 0 N–H and O–H groups in total. The van der Waals surface area contributed by atoms with E-state index in [1.54, 1.807) is 18.3 Å². The van der Waals surface area contributed by atoms with Crippen molar-refractivity contribution >= 4 is 33.1 Å². The lowest BCUT2D eigenvalue weighted by molar-refractivity contribution is 0.0941. The number of rotatable bonds is 14. The molecule has 0 amide bonds. The maximum absolute atomic E-state index is 13.3. The molecule has 8 nitrogen and oxygen atoms in total. The van der Waals surface area contributed by atoms with Crippen LogP contribution in [0.15, 0.2) is 46.5 Å². The number of aliphatic imine (C=N–C) groups is 1. The summed E-state index contributed by atoms with van der Waals surface area (Å²) in [4.78, 5) is 30.8. The molecule has 3 heterocycles. The third-order valence-corrected chi connectivity index (χ3v) is 8.55. The van der Waals surface area contributed by atoms with E-state index in [-0.39, 0.29) is 11.5 Å². The second-order valence-electron chi connectivity index (χ2n) is 10.5. The standard InChI is InChI=1S/C32H41N7OS/c1-6-10-16-23(9-4)28-36-29-26(22(5)25(21-33)31(40)39(29)37-28)34-30-27(24-17-14-13-15-18-24)35-32(41-30)38(19-11-7-2)20-12-8-3/h13-15,17-18,23H,6-12,16,19-20H2,1-5H3/b34-26+. The summed E-state index contributed by atoms with van der Waals surface area (Å²) in [5, 5.41) is 16.2. The van der Waals surface area contributed by atoms with Gasteiger partial charge < -0.3 is 4.90 Å². The number of hydrogen-bond donors (Lipinski definition) is 0. The van der Waals surface area contributed by atoms with Crippen LogP contribution in [0.4, 0.5) is 10.1 Å². The number of carbonyl (C=O) groups is 1. The van der Waals surface area contributed by atoms with Crippen LogP contribution in [0.1, 0.15) is 108 Å². The first-order chi connectivity index (χ1) is 20.0. The van der Waals surface area contributed by atoms with E-state index in [1.165, 1.54) is 4.68 Å². The Morgan fingerprint density at radius 3 is 2.32 bits per heavy atom. The van der Waals surface area contributed by atoms with Gasteiger partial charge in [-0.05, 0) is 32.6 Å². The molecule has 1 aromatic carbocycles. The third kappa shape index (κ3) is 6.65. The molecule has 216 valence electrons. The summed E-state index contributed by atoms with van der Waals surface area (Å²) in [5.41, 5.74) is 2.84. The van der Waals surface area contributed by atoms with Crippen molar-refractivity contribution < 1.29 is 4.79 Å². The number of unbranched alkanes of at least 4 members (excludes halogenated alkanes) is 3. The van der Waals surface area contributed by atoms with Crippen LogP contribution in [0, 0.1) is 11.3 Å². The lowest BCUT2D eigenvalue weighted by Crippen LogP contribution is -2.28. The van der Waals surface area contributed by atoms with Gasteiger partial charge in [-0.3, -0.25) is 4.79 Å². The monoisotopic (exact) mass is 571 g/mol. The van der Waals surface area contributed by atoms with Gasteiger partial charge in [0, 0.05) is 30.1 Å². The van der Waals surface area contributed by atoms with Crippen LogP contribution in [0.3, 0.4) is 0 Å². The molecule has 0 saturated heterocycles. The van der Waals surface area contributed by atoms with E-state index in [0.29, 0.717) is 22.9 Å². The predicted molar refractivity (Wildman–Crippen MR) is 167 cm³/mol. The van der Waals surface area contributed by atoms with Gasteiger partial charge in [0.05, 0.1) is 0 Å². The summed E-state index contributed by atoms with van der Waals surface area (Å²) in [6, 6.07) is 12.2. The van der Waals surface area contributed by atoms with Gasteiger partial charge in [0.15, 0.2) is 16.8 Å². The Morgan fingerprint density at radius 2 is 1.71 bits per heavy atom. The van der Waals surface area contributed by atoms with Crippen molar-refractivity contribution in [2.45, 2.75) is 91.9 Å². The summed E-state index contributed by atoms with van der Waals surface area (Å²) in [6.45, 7) is 12.3. The number of nitrogens with zero attached hydrogens (tertiary/aromatic N) is 7. The predicted octanol–water partition coefficient (Wildman–Crippen LogP) is 8.11. The van der Waals surface area contributed by atoms with Gasteiger partial charge in [-0.15, -0.1) is 5.10 Å². The van der Waals surface area contributed by atoms with Crippen LogP contribution in [-0.2, 0) is 0 Å². The Kier molecular flexibility index (Phi) is 10.6. The summed E-state index contributed by atoms with van der Waals surface area (Å²) >= 11 is 1.55. The molecule has 1 unspecified atom stereocenters. The molecular weight excluding hydrogens is 530 g/mol. The smallest absolute Gasteiger partial charge is 0.291 e. The molecule has 1 atom stereocenters. The zero-order chi connectivity index (χ0) is 29.4. The number of aromatic nitrogens is 4. The number of nitriles is 1. The van der Waals surface area contributed by atoms with E-state index >= 15 is 0 Å². The van der Waals surface area contributed by atoms with Gasteiger partial charge in [0.25, 0.3) is 5.91 Å². The highest BCUT2D eigenvalue weighted by Gasteiger charge is 2.34. The molecule has 41 heavy (non-hydrogen) atoms. The quantitative estimate of drug-likeness (QED) is 0.194. The Hall–Kier alpha value is -3.64. The van der Waals surface area contributed by atoms with E-state index in [4.69, 9.17) is 15.0 Å². The van der Waals surface area contributed by atoms with E-state index in [1.807, 2.05) is 30.3 Å². The van der Waals surface area contributed by atoms with E-state index < -0.39 is 5.91 Å². The second-order valence-corrected chi connectivity index (χ2v) is 11.5. The highest BCUT2D eigenvalue weighted by molar-refractivity contribution is 7.19. The molecule has 1 aliphatic heterocycles. The molecule has 9 heteroatoms. The van der Waals surface area contributed by atoms with Crippen molar-refractivity contribution in [3.8, 4) is 17.3 Å². The van der Waals surface area contributed by atoms with Crippen LogP contribution >= 0.6 is 11.3 Å². The van der Waals surface area contributed by atoms with Crippen molar-refractivity contribution in [2.75, 3.05) is 18.0 Å². The first-order valence-corrected chi connectivity index (χ1v) is 15.8. The molecule has 1 aliphatic rings. The summed E-state index contributed by atoms with van der Waals surface area (Å²) in [5.74, 6) is 0.747. The first-order valence-electron chi connectivity index (χ1n) is 15.0. The van der Waals surface area contributed by atoms with Crippen LogP contribution in [0.25, 0.3) is 11.3 Å². The number of anilines is 1. The van der Waals surface area contributed by atoms with Gasteiger partial charge in [0.1, 0.15) is 28.0 Å². The Labute approximate surface area is 247 Å². The molecule has 0 bridgehead atoms. The van der Waals surface area contributed by atoms with Crippen molar-refractivity contribution in [3.63, 3.8) is 0 Å². The molecule has 0 fully saturated rings. The lowest BCUT2D eigenvalue weighted by Gasteiger charge is -2.21. The molecule has 4 rings (SSSR count). The molecule has 0 aliphatic carbocycles. The zero-order valence-corrected chi connectivity index (χ0v) is 25.8. The molecule has 2 aromatic heterocycles. The summed E-state index contributed by atoms with van der Waals surface area (Å²) in [6.07, 6.45) is 8.38. The second kappa shape index (κ2) is 14.3. The van der Waals surface area contributed by atoms with Gasteiger partial charge in [-0.25, -0.2) is 15.0 Å². The maximum atomic E-state index is 13.3. The number of carbonyl (C=O) groups excluding carboxylic acids is 1. The zero-order valence-electron chi connectivity index (χ0n) is 25.0. The van der Waals surface area contributed by atoms with Crippen LogP contribution in [0.5, 0.6) is 0 Å². The van der Waals surface area contributed by atoms with Crippen LogP contribution < -0.4 is 4.90 Å². The summed E-state index contributed by atoms with van der Waals surface area (Å²) in [7, 11) is 0. The molecular formula is C32H41N7OS. The fourth-order valence-electron chi connectivity index (χ4n) is 4.98. The lowest BCUT2D eigenvalue weighted by atomic mass is 9.98. The van der Waals surface area contributed by atoms with E-state index in [0.717, 1.165) is 85.8 Å². The summed E-state index contributed by atoms with van der Waals surface area (Å²) < 4.78 is 1.28. The minimum Gasteiger partial charge on any atom is -0.348 e. The normalized spacial score (nSPS) is 14.8. The highest BCUT2D eigenvalue weighted by atomic mass is 32.1. The first kappa shape index (κ1) is 30.3. The van der Waals surface area contributed by atoms with E-state index in [9.17, 15) is 10.1 Å². The average molecular weight is 572 g/mol. The molecule has 3 aromatic rings. The van der Waals surface area contributed by atoms with Crippen molar-refractivity contribution in [1.29, 1.82) is 5.26 Å². The highest BCUT2D eigenvalue weighted by Crippen LogP contribution is 2.41. The van der Waals surface area contributed by atoms with Crippen molar-refractivity contribution in [2.24, 2.45) is 4.99 Å². The maximum Gasteiger partial charge on any atom is 0.291 e. The SMILES string of the molecule is CCCCC(CC)c1nc2n(n1)C(=O)C(C#N)=C(C)/C2=N\c1sc(N(CCCC)CCCC)nc1-c1ccccc1. The molecule has 0 spiro atoms. The molecule has 0 radical (unpaired) electrons. The van der Waals surface area contributed by atoms with Crippen molar-refractivity contribution in [1.82, 2.24) is 19.7 Å². The van der Waals surface area contributed by atoms with Gasteiger partial charge in [-0.1, -0.05) is 95.0 Å². The number of hydrogen-bond acceptors (Lipinski definition) is 8. The minimum absolute atomic E-state index is 0.0489. The fraction of sp³-hybridized carbons (Fsp3) is 0.500. The Morgan fingerprint density at radius 1 is 1.02 bits per heavy atom. The fourth-order valence-corrected chi connectivity index (χ4v) is 6.00. The van der Waals surface area contributed by atoms with Gasteiger partial charge >= 0.3 is 0 Å². The van der Waals surface area contributed by atoms with E-state index in [2.05, 4.69) is 43.8 Å². The Balaban J connectivity index is 1.88. The van der Waals surface area contributed by atoms with Gasteiger partial charge in [0.2, 0.25) is 0 Å². The number of benzene rings is 1.